The lowest BCUT2D eigenvalue weighted by molar-refractivity contribution is 0.602. The van der Waals surface area contributed by atoms with Crippen LogP contribution in [0.4, 0.5) is 5.82 Å². The zero-order valence-corrected chi connectivity index (χ0v) is 10.3. The van der Waals surface area contributed by atoms with Crippen molar-refractivity contribution in [1.82, 2.24) is 10.2 Å². The van der Waals surface area contributed by atoms with Crippen molar-refractivity contribution in [2.24, 2.45) is 5.73 Å². The third kappa shape index (κ3) is 4.07. The number of thiocarbonyl (C=S) groups is 1. The van der Waals surface area contributed by atoms with E-state index in [0.29, 0.717) is 11.4 Å². The number of rotatable bonds is 5. The molecule has 0 aromatic carbocycles. The maximum atomic E-state index is 10.9. The van der Waals surface area contributed by atoms with Gasteiger partial charge in [-0.1, -0.05) is 12.2 Å². The molecule has 0 spiro atoms. The van der Waals surface area contributed by atoms with Gasteiger partial charge < -0.3 is 11.1 Å². The van der Waals surface area contributed by atoms with Gasteiger partial charge in [0.2, 0.25) is 0 Å². The van der Waals surface area contributed by atoms with Crippen LogP contribution in [0, 0.1) is 0 Å². The normalized spacial score (nSPS) is 11.1. The molecule has 0 fully saturated rings. The van der Waals surface area contributed by atoms with Crippen molar-refractivity contribution in [3.8, 4) is 0 Å². The van der Waals surface area contributed by atoms with Gasteiger partial charge in [-0.2, -0.15) is 5.10 Å². The summed E-state index contributed by atoms with van der Waals surface area (Å²) in [5, 5.41) is 10.3. The van der Waals surface area contributed by atoms with Crippen LogP contribution in [0.2, 0.25) is 0 Å². The van der Waals surface area contributed by atoms with E-state index in [1.807, 2.05) is 0 Å². The van der Waals surface area contributed by atoms with E-state index in [-0.39, 0.29) is 17.3 Å². The molecule has 0 unspecified atom stereocenters. The average Bonchev–Trinajstić information content (AvgIpc) is 2.16. The Bertz CT molecular complexity index is 487. The molecule has 6 nitrogen and oxygen atoms in total. The maximum Gasteiger partial charge on any atom is 0.158 e. The van der Waals surface area contributed by atoms with Crippen molar-refractivity contribution in [2.75, 3.05) is 23.9 Å². The molecule has 0 saturated heterocycles. The van der Waals surface area contributed by atoms with E-state index in [2.05, 4.69) is 15.5 Å². The van der Waals surface area contributed by atoms with Gasteiger partial charge in [0.05, 0.1) is 17.5 Å². The summed E-state index contributed by atoms with van der Waals surface area (Å²) < 4.78 is 21.8. The fourth-order valence-electron chi connectivity index (χ4n) is 1.02. The molecule has 88 valence electrons. The Balaban J connectivity index is 2.71. The fourth-order valence-corrected chi connectivity index (χ4v) is 1.65. The Morgan fingerprint density at radius 1 is 1.62 bits per heavy atom. The number of nitrogens with zero attached hydrogens (tertiary/aromatic N) is 2. The Hall–Kier alpha value is -1.28. The zero-order valence-electron chi connectivity index (χ0n) is 8.67. The predicted octanol–water partition coefficient (Wildman–Crippen LogP) is -0.433. The summed E-state index contributed by atoms with van der Waals surface area (Å²) in [6.45, 7) is 0.243. The second kappa shape index (κ2) is 5.17. The maximum absolute atomic E-state index is 10.9. The van der Waals surface area contributed by atoms with Crippen molar-refractivity contribution in [1.29, 1.82) is 0 Å². The Morgan fingerprint density at radius 3 is 2.88 bits per heavy atom. The first kappa shape index (κ1) is 12.8. The first-order chi connectivity index (χ1) is 7.40. The zero-order chi connectivity index (χ0) is 12.2. The van der Waals surface area contributed by atoms with Crippen LogP contribution in [0.1, 0.15) is 5.56 Å². The van der Waals surface area contributed by atoms with Gasteiger partial charge in [0.15, 0.2) is 5.82 Å². The van der Waals surface area contributed by atoms with Gasteiger partial charge in [-0.3, -0.25) is 0 Å². The highest BCUT2D eigenvalue weighted by atomic mass is 32.2. The van der Waals surface area contributed by atoms with Crippen molar-refractivity contribution < 1.29 is 8.42 Å². The summed E-state index contributed by atoms with van der Waals surface area (Å²) in [4.78, 5) is 0.191. The molecule has 0 saturated carbocycles. The molecule has 0 aliphatic rings. The molecular weight excluding hydrogens is 248 g/mol. The lowest BCUT2D eigenvalue weighted by Gasteiger charge is -2.07. The molecule has 0 aliphatic carbocycles. The van der Waals surface area contributed by atoms with Crippen LogP contribution in [0.25, 0.3) is 0 Å². The number of aromatic nitrogens is 2. The van der Waals surface area contributed by atoms with Crippen molar-refractivity contribution >= 4 is 32.9 Å². The van der Waals surface area contributed by atoms with Crippen LogP contribution >= 0.6 is 12.2 Å². The molecule has 1 rings (SSSR count). The van der Waals surface area contributed by atoms with Crippen LogP contribution in [-0.4, -0.2) is 42.2 Å². The van der Waals surface area contributed by atoms with Gasteiger partial charge in [-0.25, -0.2) is 8.42 Å². The summed E-state index contributed by atoms with van der Waals surface area (Å²) in [5.41, 5.74) is 6.03. The highest BCUT2D eigenvalue weighted by molar-refractivity contribution is 7.90. The Labute approximate surface area is 99.2 Å². The smallest absolute Gasteiger partial charge is 0.158 e. The van der Waals surface area contributed by atoms with Crippen LogP contribution in [0.3, 0.4) is 0 Å². The molecule has 3 N–H and O–H groups in total. The number of nitrogens with two attached hydrogens (primary N) is 1. The van der Waals surface area contributed by atoms with E-state index >= 15 is 0 Å². The summed E-state index contributed by atoms with van der Waals surface area (Å²) in [7, 11) is -3.00. The number of hydrogen-bond donors (Lipinski definition) is 2. The third-order valence-corrected chi connectivity index (χ3v) is 2.92. The third-order valence-electron chi connectivity index (χ3n) is 1.75. The molecule has 0 atom stereocenters. The highest BCUT2D eigenvalue weighted by Gasteiger charge is 2.07. The van der Waals surface area contributed by atoms with Crippen LogP contribution in [0.5, 0.6) is 0 Å². The molecule has 0 radical (unpaired) electrons. The lowest BCUT2D eigenvalue weighted by Crippen LogP contribution is -2.19. The van der Waals surface area contributed by atoms with Crippen LogP contribution in [-0.2, 0) is 9.84 Å². The van der Waals surface area contributed by atoms with E-state index < -0.39 is 9.84 Å². The summed E-state index contributed by atoms with van der Waals surface area (Å²) in [6, 6.07) is 1.62. The Kier molecular flexibility index (Phi) is 4.13. The Morgan fingerprint density at radius 2 is 2.31 bits per heavy atom. The molecule has 1 heterocycles. The van der Waals surface area contributed by atoms with Crippen molar-refractivity contribution in [3.63, 3.8) is 0 Å². The minimum Gasteiger partial charge on any atom is -0.389 e. The lowest BCUT2D eigenvalue weighted by atomic mass is 10.3. The predicted molar refractivity (Wildman–Crippen MR) is 66.1 cm³/mol. The second-order valence-electron chi connectivity index (χ2n) is 3.21. The van der Waals surface area contributed by atoms with E-state index in [0.717, 1.165) is 0 Å². The molecule has 1 aromatic rings. The number of hydrogen-bond acceptors (Lipinski definition) is 6. The van der Waals surface area contributed by atoms with Gasteiger partial charge in [0.1, 0.15) is 14.8 Å². The van der Waals surface area contributed by atoms with E-state index in [1.165, 1.54) is 12.5 Å². The highest BCUT2D eigenvalue weighted by Crippen LogP contribution is 2.09. The first-order valence-corrected chi connectivity index (χ1v) is 6.90. The number of sulfone groups is 1. The minimum absolute atomic E-state index is 0.0142. The van der Waals surface area contributed by atoms with Gasteiger partial charge in [-0.15, -0.1) is 5.10 Å². The van der Waals surface area contributed by atoms with Crippen molar-refractivity contribution in [2.45, 2.75) is 0 Å². The van der Waals surface area contributed by atoms with E-state index in [4.69, 9.17) is 18.0 Å². The molecule has 0 amide bonds. The van der Waals surface area contributed by atoms with Crippen LogP contribution < -0.4 is 11.1 Å². The average molecular weight is 260 g/mol. The molecule has 0 bridgehead atoms. The number of anilines is 1. The van der Waals surface area contributed by atoms with Gasteiger partial charge >= 0.3 is 0 Å². The summed E-state index contributed by atoms with van der Waals surface area (Å²) >= 11 is 4.83. The topological polar surface area (TPSA) is 98.0 Å². The fraction of sp³-hybridized carbons (Fsp3) is 0.375. The molecule has 16 heavy (non-hydrogen) atoms. The molecule has 0 aliphatic heterocycles. The van der Waals surface area contributed by atoms with E-state index in [9.17, 15) is 8.42 Å². The molecule has 1 aromatic heterocycles. The SMILES string of the molecule is CS(=O)(=O)CCNc1nnccc1C(N)=S. The largest absolute Gasteiger partial charge is 0.389 e. The number of nitrogens with one attached hydrogen (secondary N) is 1. The van der Waals surface area contributed by atoms with Gasteiger partial charge in [0, 0.05) is 12.8 Å². The monoisotopic (exact) mass is 260 g/mol. The van der Waals surface area contributed by atoms with Crippen LogP contribution in [0.15, 0.2) is 12.3 Å². The first-order valence-electron chi connectivity index (χ1n) is 4.43. The minimum atomic E-state index is -3.00. The molecule has 8 heteroatoms. The second-order valence-corrected chi connectivity index (χ2v) is 5.91. The summed E-state index contributed by atoms with van der Waals surface area (Å²) in [5.74, 6) is 0.416. The van der Waals surface area contributed by atoms with E-state index in [1.54, 1.807) is 6.07 Å². The van der Waals surface area contributed by atoms with Crippen molar-refractivity contribution in [3.05, 3.63) is 17.8 Å². The molecular formula is C8H12N4O2S2. The standard InChI is InChI=1S/C8H12N4O2S2/c1-16(13,14)5-4-10-8-6(7(9)15)2-3-11-12-8/h2-3H,4-5H2,1H3,(H2,9,15)(H,10,12). The quantitative estimate of drug-likeness (QED) is 0.693. The van der Waals surface area contributed by atoms with Gasteiger partial charge in [0.25, 0.3) is 0 Å². The van der Waals surface area contributed by atoms with Gasteiger partial charge in [-0.05, 0) is 6.07 Å². The summed E-state index contributed by atoms with van der Waals surface area (Å²) in [6.07, 6.45) is 2.63.